The molecule has 2 aromatic rings. The molecule has 0 aliphatic rings. The summed E-state index contributed by atoms with van der Waals surface area (Å²) in [6.45, 7) is 6.64. The van der Waals surface area contributed by atoms with E-state index in [0.717, 1.165) is 17.6 Å². The third kappa shape index (κ3) is 1.39. The number of fused-ring (bicyclic) bond motifs is 1. The molecule has 0 atom stereocenters. The summed E-state index contributed by atoms with van der Waals surface area (Å²) in [5, 5.41) is 0. The number of imidazole rings is 1. The molecule has 0 aromatic carbocycles. The van der Waals surface area contributed by atoms with Crippen LogP contribution in [0.2, 0.25) is 0 Å². The van der Waals surface area contributed by atoms with Crippen LogP contribution >= 0.6 is 0 Å². The zero-order chi connectivity index (χ0) is 10.2. The number of hydrogen-bond donors (Lipinski definition) is 1. The third-order valence-corrected chi connectivity index (χ3v) is 2.94. The van der Waals surface area contributed by atoms with Crippen molar-refractivity contribution in [2.75, 3.05) is 0 Å². The Morgan fingerprint density at radius 3 is 2.86 bits per heavy atom. The molecule has 0 spiro atoms. The van der Waals surface area contributed by atoms with E-state index in [1.807, 2.05) is 6.20 Å². The summed E-state index contributed by atoms with van der Waals surface area (Å²) in [4.78, 5) is 11.5. The van der Waals surface area contributed by atoms with Gasteiger partial charge < -0.3 is 4.98 Å². The molecule has 0 saturated carbocycles. The van der Waals surface area contributed by atoms with Crippen LogP contribution < -0.4 is 0 Å². The summed E-state index contributed by atoms with van der Waals surface area (Å²) in [6, 6.07) is 2.11. The van der Waals surface area contributed by atoms with Gasteiger partial charge in [-0.2, -0.15) is 0 Å². The Morgan fingerprint density at radius 1 is 1.36 bits per heavy atom. The highest BCUT2D eigenvalue weighted by atomic mass is 14.9. The zero-order valence-electron chi connectivity index (χ0n) is 8.83. The fourth-order valence-corrected chi connectivity index (χ4v) is 1.40. The minimum absolute atomic E-state index is 0.181. The molecule has 0 saturated heterocycles. The summed E-state index contributed by atoms with van der Waals surface area (Å²) >= 11 is 0. The maximum absolute atomic E-state index is 4.34. The Morgan fingerprint density at radius 2 is 2.14 bits per heavy atom. The van der Waals surface area contributed by atoms with Crippen molar-refractivity contribution < 1.29 is 0 Å². The predicted molar refractivity (Wildman–Crippen MR) is 57.2 cm³/mol. The van der Waals surface area contributed by atoms with E-state index in [9.17, 15) is 0 Å². The highest BCUT2D eigenvalue weighted by molar-refractivity contribution is 5.70. The molecule has 2 aromatic heterocycles. The average molecular weight is 189 g/mol. The van der Waals surface area contributed by atoms with Gasteiger partial charge in [0, 0.05) is 6.20 Å². The molecular formula is C11H15N3. The quantitative estimate of drug-likeness (QED) is 0.789. The first-order valence-electron chi connectivity index (χ1n) is 4.93. The minimum Gasteiger partial charge on any atom is -0.329 e. The normalized spacial score (nSPS) is 12.2. The maximum Gasteiger partial charge on any atom is 0.157 e. The predicted octanol–water partition coefficient (Wildman–Crippen LogP) is 2.65. The fourth-order valence-electron chi connectivity index (χ4n) is 1.40. The summed E-state index contributed by atoms with van der Waals surface area (Å²) in [7, 11) is 0. The summed E-state index contributed by atoms with van der Waals surface area (Å²) in [5.41, 5.74) is 3.24. The smallest absolute Gasteiger partial charge is 0.157 e. The second-order valence-electron chi connectivity index (χ2n) is 4.23. The van der Waals surface area contributed by atoms with Crippen LogP contribution in [0.5, 0.6) is 0 Å². The lowest BCUT2D eigenvalue weighted by molar-refractivity contribution is 0.505. The lowest BCUT2D eigenvalue weighted by atomic mass is 9.83. The summed E-state index contributed by atoms with van der Waals surface area (Å²) < 4.78 is 0. The SMILES string of the molecule is CCC(C)(C)c1cnc2[nH]cnc2c1. The van der Waals surface area contributed by atoms with Crippen molar-refractivity contribution in [2.45, 2.75) is 32.6 Å². The largest absolute Gasteiger partial charge is 0.329 e. The van der Waals surface area contributed by atoms with Crippen molar-refractivity contribution in [1.29, 1.82) is 0 Å². The van der Waals surface area contributed by atoms with Crippen LogP contribution in [0.3, 0.4) is 0 Å². The molecule has 0 amide bonds. The van der Waals surface area contributed by atoms with Crippen LogP contribution in [-0.2, 0) is 5.41 Å². The van der Waals surface area contributed by atoms with Gasteiger partial charge in [0.2, 0.25) is 0 Å². The third-order valence-electron chi connectivity index (χ3n) is 2.94. The number of nitrogens with one attached hydrogen (secondary N) is 1. The van der Waals surface area contributed by atoms with Crippen molar-refractivity contribution in [3.63, 3.8) is 0 Å². The number of aromatic amines is 1. The first-order valence-corrected chi connectivity index (χ1v) is 4.93. The molecule has 0 bridgehead atoms. The van der Waals surface area contributed by atoms with Crippen molar-refractivity contribution in [1.82, 2.24) is 15.0 Å². The van der Waals surface area contributed by atoms with Gasteiger partial charge >= 0.3 is 0 Å². The van der Waals surface area contributed by atoms with Gasteiger partial charge in [-0.05, 0) is 23.5 Å². The van der Waals surface area contributed by atoms with Crippen molar-refractivity contribution in [3.05, 3.63) is 24.2 Å². The van der Waals surface area contributed by atoms with E-state index in [-0.39, 0.29) is 5.41 Å². The van der Waals surface area contributed by atoms with Crippen LogP contribution in [0.1, 0.15) is 32.8 Å². The topological polar surface area (TPSA) is 41.6 Å². The van der Waals surface area contributed by atoms with Crippen LogP contribution in [0, 0.1) is 0 Å². The van der Waals surface area contributed by atoms with E-state index in [1.165, 1.54) is 5.56 Å². The maximum atomic E-state index is 4.34. The number of H-pyrrole nitrogens is 1. The molecule has 3 heteroatoms. The summed E-state index contributed by atoms with van der Waals surface area (Å²) in [5.74, 6) is 0. The highest BCUT2D eigenvalue weighted by Gasteiger charge is 2.18. The lowest BCUT2D eigenvalue weighted by Gasteiger charge is -2.22. The molecule has 0 radical (unpaired) electrons. The van der Waals surface area contributed by atoms with Gasteiger partial charge in [0.25, 0.3) is 0 Å². The van der Waals surface area contributed by atoms with Crippen molar-refractivity contribution >= 4 is 11.2 Å². The monoisotopic (exact) mass is 189 g/mol. The Bertz CT molecular complexity index is 442. The fraction of sp³-hybridized carbons (Fsp3) is 0.455. The molecule has 14 heavy (non-hydrogen) atoms. The van der Waals surface area contributed by atoms with Gasteiger partial charge in [-0.25, -0.2) is 9.97 Å². The van der Waals surface area contributed by atoms with Gasteiger partial charge in [0.1, 0.15) is 5.52 Å². The van der Waals surface area contributed by atoms with Crippen LogP contribution in [-0.4, -0.2) is 15.0 Å². The highest BCUT2D eigenvalue weighted by Crippen LogP contribution is 2.27. The van der Waals surface area contributed by atoms with Crippen molar-refractivity contribution in [2.24, 2.45) is 0 Å². The number of pyridine rings is 1. The van der Waals surface area contributed by atoms with Crippen molar-refractivity contribution in [3.8, 4) is 0 Å². The Kier molecular flexibility index (Phi) is 2.02. The molecule has 2 rings (SSSR count). The molecule has 2 heterocycles. The molecule has 74 valence electrons. The van der Waals surface area contributed by atoms with E-state index < -0.39 is 0 Å². The molecule has 3 nitrogen and oxygen atoms in total. The van der Waals surface area contributed by atoms with Crippen LogP contribution in [0.15, 0.2) is 18.6 Å². The van der Waals surface area contributed by atoms with Crippen LogP contribution in [0.4, 0.5) is 0 Å². The number of rotatable bonds is 2. The molecule has 0 aliphatic carbocycles. The van der Waals surface area contributed by atoms with Gasteiger partial charge in [0.05, 0.1) is 6.33 Å². The van der Waals surface area contributed by atoms with Gasteiger partial charge in [0.15, 0.2) is 5.65 Å². The Balaban J connectivity index is 2.53. The number of hydrogen-bond acceptors (Lipinski definition) is 2. The van der Waals surface area contributed by atoms with Gasteiger partial charge in [-0.3, -0.25) is 0 Å². The lowest BCUT2D eigenvalue weighted by Crippen LogP contribution is -2.15. The molecule has 0 unspecified atom stereocenters. The Hall–Kier alpha value is -1.38. The second-order valence-corrected chi connectivity index (χ2v) is 4.23. The van der Waals surface area contributed by atoms with E-state index in [1.54, 1.807) is 6.33 Å². The average Bonchev–Trinajstić information content (AvgIpc) is 2.64. The summed E-state index contributed by atoms with van der Waals surface area (Å²) in [6.07, 6.45) is 4.72. The first-order chi connectivity index (χ1) is 6.63. The standard InChI is InChI=1S/C11H15N3/c1-4-11(2,3)8-5-9-10(12-6-8)14-7-13-9/h5-7H,4H2,1-3H3,(H,12,13,14). The zero-order valence-corrected chi connectivity index (χ0v) is 8.83. The van der Waals surface area contributed by atoms with E-state index in [2.05, 4.69) is 41.8 Å². The molecular weight excluding hydrogens is 174 g/mol. The Labute approximate surface area is 83.6 Å². The molecule has 1 N–H and O–H groups in total. The molecule has 0 aliphatic heterocycles. The number of nitrogens with zero attached hydrogens (tertiary/aromatic N) is 2. The first kappa shape index (κ1) is 9.19. The number of aromatic nitrogens is 3. The van der Waals surface area contributed by atoms with Gasteiger partial charge in [-0.15, -0.1) is 0 Å². The van der Waals surface area contributed by atoms with E-state index in [4.69, 9.17) is 0 Å². The van der Waals surface area contributed by atoms with E-state index >= 15 is 0 Å². The molecule has 0 fully saturated rings. The second kappa shape index (κ2) is 3.08. The minimum atomic E-state index is 0.181. The van der Waals surface area contributed by atoms with E-state index in [0.29, 0.717) is 0 Å². The van der Waals surface area contributed by atoms with Crippen LogP contribution in [0.25, 0.3) is 11.2 Å². The van der Waals surface area contributed by atoms with Gasteiger partial charge in [-0.1, -0.05) is 20.8 Å².